The van der Waals surface area contributed by atoms with Crippen LogP contribution in [0.15, 0.2) is 218 Å². The summed E-state index contributed by atoms with van der Waals surface area (Å²) < 4.78 is 0. The molecule has 3 aliphatic heterocycles. The first-order valence-electron chi connectivity index (χ1n) is 23.8. The predicted octanol–water partition coefficient (Wildman–Crippen LogP) is 14.5. The Hall–Kier alpha value is -7.56. The van der Waals surface area contributed by atoms with Crippen molar-refractivity contribution in [1.82, 2.24) is 0 Å². The van der Waals surface area contributed by atoms with Crippen LogP contribution < -0.4 is 31.1 Å². The number of benzene rings is 9. The van der Waals surface area contributed by atoms with E-state index in [0.717, 1.165) is 17.1 Å². The van der Waals surface area contributed by atoms with Gasteiger partial charge in [0.2, 0.25) is 6.71 Å². The van der Waals surface area contributed by atoms with Crippen molar-refractivity contribution in [2.24, 2.45) is 0 Å². The summed E-state index contributed by atoms with van der Waals surface area (Å²) in [6, 6.07) is 81.4. The summed E-state index contributed by atoms with van der Waals surface area (Å²) in [4.78, 5) is 7.34. The molecule has 0 atom stereocenters. The third kappa shape index (κ3) is 6.26. The fourth-order valence-corrected chi connectivity index (χ4v) is 11.9. The van der Waals surface area contributed by atoms with Crippen molar-refractivity contribution in [3.05, 3.63) is 252 Å². The van der Waals surface area contributed by atoms with Gasteiger partial charge < -0.3 is 14.7 Å². The van der Waals surface area contributed by atoms with Crippen LogP contribution in [-0.4, -0.2) is 6.71 Å². The fraction of sp³-hybridized carbons (Fsp3) is 0.143. The van der Waals surface area contributed by atoms with E-state index in [9.17, 15) is 0 Å². The van der Waals surface area contributed by atoms with Gasteiger partial charge in [0.1, 0.15) is 0 Å². The zero-order chi connectivity index (χ0) is 45.7. The molecule has 0 spiro atoms. The molecule has 9 aromatic rings. The Balaban J connectivity index is 0.972. The van der Waals surface area contributed by atoms with Crippen molar-refractivity contribution in [2.45, 2.75) is 57.8 Å². The number of rotatable bonds is 6. The molecule has 12 rings (SSSR count). The van der Waals surface area contributed by atoms with Crippen molar-refractivity contribution in [3.63, 3.8) is 0 Å². The molecule has 0 amide bonds. The monoisotopic (exact) mass is 863 g/mol. The summed E-state index contributed by atoms with van der Waals surface area (Å²) >= 11 is 0. The van der Waals surface area contributed by atoms with Crippen LogP contribution in [0.4, 0.5) is 51.2 Å². The van der Waals surface area contributed by atoms with E-state index in [1.54, 1.807) is 0 Å². The number of para-hydroxylation sites is 6. The van der Waals surface area contributed by atoms with Gasteiger partial charge in [0.15, 0.2) is 0 Å². The summed E-state index contributed by atoms with van der Waals surface area (Å²) in [6.07, 6.45) is 0. The van der Waals surface area contributed by atoms with Gasteiger partial charge >= 0.3 is 0 Å². The Morgan fingerprint density at radius 3 is 0.612 bits per heavy atom. The Morgan fingerprint density at radius 2 is 0.418 bits per heavy atom. The van der Waals surface area contributed by atoms with Gasteiger partial charge in [-0.2, -0.15) is 0 Å². The van der Waals surface area contributed by atoms with Gasteiger partial charge in [-0.3, -0.25) is 0 Å². The van der Waals surface area contributed by atoms with Gasteiger partial charge in [0, 0.05) is 33.3 Å². The van der Waals surface area contributed by atoms with Gasteiger partial charge in [0.05, 0.1) is 34.1 Å². The normalized spacial score (nSPS) is 15.6. The highest BCUT2D eigenvalue weighted by Gasteiger charge is 2.39. The Morgan fingerprint density at radius 1 is 0.239 bits per heavy atom. The van der Waals surface area contributed by atoms with E-state index in [1.165, 1.54) is 83.9 Å². The van der Waals surface area contributed by atoms with Gasteiger partial charge in [-0.15, -0.1) is 0 Å². The third-order valence-electron chi connectivity index (χ3n) is 15.4. The average molecular weight is 864 g/mol. The highest BCUT2D eigenvalue weighted by molar-refractivity contribution is 6.95. The molecule has 9 aromatic carbocycles. The lowest BCUT2D eigenvalue weighted by Gasteiger charge is -2.42. The van der Waals surface area contributed by atoms with E-state index < -0.39 is 0 Å². The van der Waals surface area contributed by atoms with Crippen molar-refractivity contribution >= 4 is 74.3 Å². The first-order valence-corrected chi connectivity index (χ1v) is 23.8. The van der Waals surface area contributed by atoms with Crippen molar-refractivity contribution in [1.29, 1.82) is 0 Å². The lowest BCUT2D eigenvalue weighted by atomic mass is 9.37. The number of fused-ring (bicyclic) bond motifs is 6. The number of hydrogen-bond donors (Lipinski definition) is 0. The van der Waals surface area contributed by atoms with Crippen LogP contribution >= 0.6 is 0 Å². The van der Waals surface area contributed by atoms with E-state index in [-0.39, 0.29) is 23.0 Å². The summed E-state index contributed by atoms with van der Waals surface area (Å²) in [7, 11) is 0. The van der Waals surface area contributed by atoms with E-state index in [2.05, 4.69) is 275 Å². The van der Waals surface area contributed by atoms with Crippen LogP contribution in [0.3, 0.4) is 0 Å². The Kier molecular flexibility index (Phi) is 9.32. The molecule has 3 heterocycles. The van der Waals surface area contributed by atoms with Gasteiger partial charge in [-0.25, -0.2) is 0 Å². The molecule has 3 nitrogen and oxygen atoms in total. The summed E-state index contributed by atoms with van der Waals surface area (Å²) in [5, 5.41) is 0. The third-order valence-corrected chi connectivity index (χ3v) is 15.4. The largest absolute Gasteiger partial charge is 0.310 e. The summed E-state index contributed by atoms with van der Waals surface area (Å²) in [5.41, 5.74) is 22.2. The second kappa shape index (κ2) is 15.3. The SMILES string of the molecule is CC1(C)c2ccccc2N(c2ccc(B(c3ccc(N4c5ccccc5C(C)(C)c5ccccc54)cc3)c3ccc(N4c5ccccc5C(C)(C)c5ccccc54)cc3)cc2)c2ccccc21. The smallest absolute Gasteiger partial charge is 0.241 e. The molecule has 0 aliphatic carbocycles. The number of anilines is 9. The van der Waals surface area contributed by atoms with Crippen LogP contribution in [0, 0.1) is 0 Å². The summed E-state index contributed by atoms with van der Waals surface area (Å²) in [5.74, 6) is 0. The molecule has 4 heteroatoms. The molecule has 0 saturated heterocycles. The topological polar surface area (TPSA) is 9.72 Å². The Bertz CT molecular complexity index is 2840. The second-order valence-corrected chi connectivity index (χ2v) is 20.2. The highest BCUT2D eigenvalue weighted by Crippen LogP contribution is 2.54. The lowest BCUT2D eigenvalue weighted by molar-refractivity contribution is 0.632. The van der Waals surface area contributed by atoms with Crippen molar-refractivity contribution in [3.8, 4) is 0 Å². The standard InChI is InChI=1S/C63H54BN3/c1-61(2)49-19-7-13-25-55(49)65(56-26-14-8-20-50(56)61)46-37-31-43(32-38-46)64(44-33-39-47(40-34-44)66-57-27-15-9-21-51(57)62(3,4)52-22-10-16-28-58(52)66)45-35-41-48(42-36-45)67-59-29-17-11-23-53(59)63(5,6)54-24-12-18-30-60(54)67/h7-42H,1-6H3. The van der Waals surface area contributed by atoms with E-state index in [4.69, 9.17) is 0 Å². The van der Waals surface area contributed by atoms with Gasteiger partial charge in [-0.05, 0) is 106 Å². The maximum atomic E-state index is 2.45. The number of nitrogens with zero attached hydrogens (tertiary/aromatic N) is 3. The van der Waals surface area contributed by atoms with Crippen molar-refractivity contribution in [2.75, 3.05) is 14.7 Å². The molecule has 0 radical (unpaired) electrons. The molecule has 0 saturated carbocycles. The molecule has 0 unspecified atom stereocenters. The minimum Gasteiger partial charge on any atom is -0.310 e. The van der Waals surface area contributed by atoms with E-state index >= 15 is 0 Å². The second-order valence-electron chi connectivity index (χ2n) is 20.2. The van der Waals surface area contributed by atoms with Gasteiger partial charge in [0.25, 0.3) is 0 Å². The lowest BCUT2D eigenvalue weighted by Crippen LogP contribution is -2.52. The van der Waals surface area contributed by atoms with Crippen LogP contribution in [0.5, 0.6) is 0 Å². The number of hydrogen-bond acceptors (Lipinski definition) is 3. The highest BCUT2D eigenvalue weighted by atomic mass is 15.2. The minimum absolute atomic E-state index is 0.0169. The fourth-order valence-electron chi connectivity index (χ4n) is 11.9. The molecule has 0 fully saturated rings. The maximum Gasteiger partial charge on any atom is 0.241 e. The van der Waals surface area contributed by atoms with Crippen molar-refractivity contribution < 1.29 is 0 Å². The first kappa shape index (κ1) is 40.9. The molecule has 67 heavy (non-hydrogen) atoms. The molecule has 0 N–H and O–H groups in total. The van der Waals surface area contributed by atoms with Crippen LogP contribution in [0.25, 0.3) is 0 Å². The minimum atomic E-state index is -0.115. The molecule has 324 valence electrons. The molecule has 0 aromatic heterocycles. The van der Waals surface area contributed by atoms with E-state index in [1.807, 2.05) is 0 Å². The molecule has 3 aliphatic rings. The maximum absolute atomic E-state index is 2.45. The van der Waals surface area contributed by atoms with Crippen LogP contribution in [0.1, 0.15) is 74.9 Å². The Labute approximate surface area is 396 Å². The zero-order valence-corrected chi connectivity index (χ0v) is 39.2. The molecular formula is C63H54BN3. The summed E-state index contributed by atoms with van der Waals surface area (Å²) in [6.45, 7) is 14.1. The first-order chi connectivity index (χ1) is 32.5. The van der Waals surface area contributed by atoms with Crippen LogP contribution in [0.2, 0.25) is 0 Å². The van der Waals surface area contributed by atoms with Crippen LogP contribution in [-0.2, 0) is 16.2 Å². The average Bonchev–Trinajstić information content (AvgIpc) is 3.36. The van der Waals surface area contributed by atoms with E-state index in [0.29, 0.717) is 0 Å². The quantitative estimate of drug-likeness (QED) is 0.154. The van der Waals surface area contributed by atoms with Gasteiger partial charge in [-0.1, -0.05) is 204 Å². The predicted molar refractivity (Wildman–Crippen MR) is 284 cm³/mol. The zero-order valence-electron chi connectivity index (χ0n) is 39.2. The molecule has 0 bridgehead atoms. The molecular weight excluding hydrogens is 810 g/mol.